The first-order valence-electron chi connectivity index (χ1n) is 11.8. The topological polar surface area (TPSA) is 54.9 Å². The molecule has 2 fully saturated rings. The molecule has 0 aromatic heterocycles. The molecule has 0 atom stereocenters. The van der Waals surface area contributed by atoms with E-state index in [0.29, 0.717) is 5.41 Å². The van der Waals surface area contributed by atoms with Gasteiger partial charge in [-0.1, -0.05) is 37.1 Å². The Hall–Kier alpha value is -1.59. The van der Waals surface area contributed by atoms with E-state index >= 15 is 0 Å². The Morgan fingerprint density at radius 1 is 1.07 bits per heavy atom. The molecule has 0 amide bonds. The second kappa shape index (κ2) is 11.1. The molecule has 0 unspecified atom stereocenters. The number of guanidine groups is 1. The van der Waals surface area contributed by atoms with Gasteiger partial charge in [-0.25, -0.2) is 0 Å². The van der Waals surface area contributed by atoms with E-state index in [1.807, 2.05) is 7.05 Å². The second-order valence-electron chi connectivity index (χ2n) is 9.14. The van der Waals surface area contributed by atoms with Gasteiger partial charge in [-0.3, -0.25) is 4.99 Å². The molecule has 1 aromatic rings. The predicted molar refractivity (Wildman–Crippen MR) is 124 cm³/mol. The molecule has 1 heterocycles. The SMILES string of the molecule is CCOCCC1(CNC(=NC)NCC2(c3ccccc3C)CCOCC2)CCCC1. The first-order chi connectivity index (χ1) is 14.6. The van der Waals surface area contributed by atoms with Crippen LogP contribution in [0.1, 0.15) is 63.0 Å². The average Bonchev–Trinajstić information content (AvgIpc) is 3.24. The highest BCUT2D eigenvalue weighted by atomic mass is 16.5. The van der Waals surface area contributed by atoms with Crippen LogP contribution in [-0.2, 0) is 14.9 Å². The van der Waals surface area contributed by atoms with Gasteiger partial charge in [-0.15, -0.1) is 0 Å². The molecule has 1 aromatic carbocycles. The summed E-state index contributed by atoms with van der Waals surface area (Å²) in [5, 5.41) is 7.32. The minimum Gasteiger partial charge on any atom is -0.382 e. The van der Waals surface area contributed by atoms with Crippen LogP contribution in [0.25, 0.3) is 0 Å². The summed E-state index contributed by atoms with van der Waals surface area (Å²) in [5.41, 5.74) is 3.26. The summed E-state index contributed by atoms with van der Waals surface area (Å²) in [6.45, 7) is 9.46. The summed E-state index contributed by atoms with van der Waals surface area (Å²) in [6, 6.07) is 8.81. The maximum absolute atomic E-state index is 5.71. The summed E-state index contributed by atoms with van der Waals surface area (Å²) in [7, 11) is 1.88. The Balaban J connectivity index is 1.62. The fraction of sp³-hybridized carbons (Fsp3) is 0.720. The maximum atomic E-state index is 5.71. The van der Waals surface area contributed by atoms with Gasteiger partial charge in [0.05, 0.1) is 0 Å². The molecule has 0 radical (unpaired) electrons. The minimum absolute atomic E-state index is 0.0984. The summed E-state index contributed by atoms with van der Waals surface area (Å²) in [4.78, 5) is 4.54. The highest BCUT2D eigenvalue weighted by molar-refractivity contribution is 5.79. The Kier molecular flexibility index (Phi) is 8.58. The Labute approximate surface area is 183 Å². The standard InChI is InChI=1S/C25H41N3O2/c1-4-29-16-13-24(11-7-8-12-24)19-27-23(26-3)28-20-25(14-17-30-18-15-25)22-10-6-5-9-21(22)2/h5-6,9-10H,4,7-8,11-20H2,1-3H3,(H2,26,27,28). The first-order valence-corrected chi connectivity index (χ1v) is 11.8. The molecule has 1 saturated heterocycles. The molecular weight excluding hydrogens is 374 g/mol. The van der Waals surface area contributed by atoms with E-state index in [9.17, 15) is 0 Å². The molecule has 1 aliphatic carbocycles. The molecule has 168 valence electrons. The lowest BCUT2D eigenvalue weighted by atomic mass is 9.72. The van der Waals surface area contributed by atoms with Crippen molar-refractivity contribution >= 4 is 5.96 Å². The third-order valence-corrected chi connectivity index (χ3v) is 7.26. The van der Waals surface area contributed by atoms with Crippen molar-refractivity contribution in [2.75, 3.05) is 46.6 Å². The van der Waals surface area contributed by atoms with Gasteiger partial charge in [0.1, 0.15) is 0 Å². The van der Waals surface area contributed by atoms with Crippen LogP contribution in [0.5, 0.6) is 0 Å². The molecule has 3 rings (SSSR count). The van der Waals surface area contributed by atoms with Crippen LogP contribution in [0, 0.1) is 12.3 Å². The van der Waals surface area contributed by atoms with Gasteiger partial charge in [0.25, 0.3) is 0 Å². The number of aryl methyl sites for hydroxylation is 1. The fourth-order valence-electron chi connectivity index (χ4n) is 5.29. The molecule has 0 spiro atoms. The molecule has 0 bridgehead atoms. The molecule has 2 N–H and O–H groups in total. The molecule has 1 saturated carbocycles. The lowest BCUT2D eigenvalue weighted by molar-refractivity contribution is 0.0511. The van der Waals surface area contributed by atoms with Crippen molar-refractivity contribution in [3.05, 3.63) is 35.4 Å². The summed E-state index contributed by atoms with van der Waals surface area (Å²) >= 11 is 0. The number of nitrogens with zero attached hydrogens (tertiary/aromatic N) is 1. The van der Waals surface area contributed by atoms with Gasteiger partial charge < -0.3 is 20.1 Å². The second-order valence-corrected chi connectivity index (χ2v) is 9.14. The zero-order chi connectivity index (χ0) is 21.3. The lowest BCUT2D eigenvalue weighted by Crippen LogP contribution is -2.50. The third-order valence-electron chi connectivity index (χ3n) is 7.26. The maximum Gasteiger partial charge on any atom is 0.191 e. The number of nitrogens with one attached hydrogen (secondary N) is 2. The zero-order valence-corrected chi connectivity index (χ0v) is 19.3. The highest BCUT2D eigenvalue weighted by Gasteiger charge is 2.36. The van der Waals surface area contributed by atoms with Crippen LogP contribution in [0.3, 0.4) is 0 Å². The van der Waals surface area contributed by atoms with Gasteiger partial charge >= 0.3 is 0 Å². The van der Waals surface area contributed by atoms with Gasteiger partial charge in [0.2, 0.25) is 0 Å². The number of hydrogen-bond acceptors (Lipinski definition) is 3. The van der Waals surface area contributed by atoms with Gasteiger partial charge in [-0.2, -0.15) is 0 Å². The van der Waals surface area contributed by atoms with E-state index in [4.69, 9.17) is 9.47 Å². The quantitative estimate of drug-likeness (QED) is 0.361. The van der Waals surface area contributed by atoms with Crippen molar-refractivity contribution in [3.8, 4) is 0 Å². The van der Waals surface area contributed by atoms with E-state index in [2.05, 4.69) is 53.7 Å². The highest BCUT2D eigenvalue weighted by Crippen LogP contribution is 2.40. The number of hydrogen-bond donors (Lipinski definition) is 2. The van der Waals surface area contributed by atoms with Crippen LogP contribution in [0.2, 0.25) is 0 Å². The predicted octanol–water partition coefficient (Wildman–Crippen LogP) is 4.20. The largest absolute Gasteiger partial charge is 0.382 e. The number of rotatable bonds is 9. The van der Waals surface area contributed by atoms with Crippen molar-refractivity contribution in [1.82, 2.24) is 10.6 Å². The summed E-state index contributed by atoms with van der Waals surface area (Å²) in [5.74, 6) is 0.914. The van der Waals surface area contributed by atoms with Crippen LogP contribution in [0.4, 0.5) is 0 Å². The Morgan fingerprint density at radius 3 is 2.43 bits per heavy atom. The van der Waals surface area contributed by atoms with Crippen LogP contribution in [0.15, 0.2) is 29.3 Å². The van der Waals surface area contributed by atoms with Gasteiger partial charge in [-0.05, 0) is 62.5 Å². The Bertz CT molecular complexity index is 677. The first kappa shape index (κ1) is 23.1. The number of ether oxygens (including phenoxy) is 2. The fourth-order valence-corrected chi connectivity index (χ4v) is 5.29. The van der Waals surface area contributed by atoms with Gasteiger partial charge in [0, 0.05) is 52.0 Å². The van der Waals surface area contributed by atoms with E-state index in [0.717, 1.165) is 64.7 Å². The molecule has 5 heteroatoms. The number of aliphatic imine (C=N–C) groups is 1. The molecule has 30 heavy (non-hydrogen) atoms. The lowest BCUT2D eigenvalue weighted by Gasteiger charge is -2.39. The Morgan fingerprint density at radius 2 is 1.77 bits per heavy atom. The number of benzene rings is 1. The van der Waals surface area contributed by atoms with Crippen molar-refractivity contribution in [3.63, 3.8) is 0 Å². The summed E-state index contributed by atoms with van der Waals surface area (Å²) < 4.78 is 11.4. The zero-order valence-electron chi connectivity index (χ0n) is 19.3. The van der Waals surface area contributed by atoms with E-state index in [1.54, 1.807) is 0 Å². The summed E-state index contributed by atoms with van der Waals surface area (Å²) in [6.07, 6.45) is 8.45. The van der Waals surface area contributed by atoms with Gasteiger partial charge in [0.15, 0.2) is 5.96 Å². The molecular formula is C25H41N3O2. The van der Waals surface area contributed by atoms with Crippen LogP contribution in [-0.4, -0.2) is 52.5 Å². The van der Waals surface area contributed by atoms with Crippen molar-refractivity contribution in [1.29, 1.82) is 0 Å². The van der Waals surface area contributed by atoms with Crippen LogP contribution < -0.4 is 10.6 Å². The molecule has 5 nitrogen and oxygen atoms in total. The van der Waals surface area contributed by atoms with Crippen LogP contribution >= 0.6 is 0 Å². The normalized spacial score (nSPS) is 20.8. The van der Waals surface area contributed by atoms with Crippen molar-refractivity contribution in [2.24, 2.45) is 10.4 Å². The molecule has 2 aliphatic rings. The van der Waals surface area contributed by atoms with Crippen molar-refractivity contribution < 1.29 is 9.47 Å². The molecule has 1 aliphatic heterocycles. The minimum atomic E-state index is 0.0984. The van der Waals surface area contributed by atoms with Crippen molar-refractivity contribution in [2.45, 2.75) is 64.2 Å². The smallest absolute Gasteiger partial charge is 0.191 e. The van der Waals surface area contributed by atoms with E-state index in [1.165, 1.54) is 36.8 Å². The average molecular weight is 416 g/mol. The van der Waals surface area contributed by atoms with E-state index in [-0.39, 0.29) is 5.41 Å². The third kappa shape index (κ3) is 5.76. The monoisotopic (exact) mass is 415 g/mol. The van der Waals surface area contributed by atoms with E-state index < -0.39 is 0 Å².